The molecule has 1 atom stereocenters. The molecule has 2 aromatic carbocycles. The SMILES string of the molecule is CC(C)(C)c1ccccc1OC(Cc1cccc(Cl)c1Cl)C(=O)O. The summed E-state index contributed by atoms with van der Waals surface area (Å²) >= 11 is 12.2. The van der Waals surface area contributed by atoms with E-state index in [9.17, 15) is 9.90 Å². The number of benzene rings is 2. The highest BCUT2D eigenvalue weighted by Gasteiger charge is 2.25. The lowest BCUT2D eigenvalue weighted by molar-refractivity contribution is -0.145. The maximum absolute atomic E-state index is 11.7. The third-order valence-electron chi connectivity index (χ3n) is 3.68. The molecular weight excluding hydrogens is 347 g/mol. The fourth-order valence-electron chi connectivity index (χ4n) is 2.43. The molecule has 1 unspecified atom stereocenters. The first-order valence-corrected chi connectivity index (χ1v) is 8.37. The molecule has 0 spiro atoms. The zero-order valence-corrected chi connectivity index (χ0v) is 15.4. The molecule has 1 N–H and O–H groups in total. The van der Waals surface area contributed by atoms with Gasteiger partial charge in [-0.1, -0.05) is 74.3 Å². The summed E-state index contributed by atoms with van der Waals surface area (Å²) in [6.45, 7) is 6.16. The van der Waals surface area contributed by atoms with Gasteiger partial charge in [0.05, 0.1) is 10.0 Å². The smallest absolute Gasteiger partial charge is 0.345 e. The molecular formula is C19H20Cl2O3. The van der Waals surface area contributed by atoms with E-state index in [0.717, 1.165) is 5.56 Å². The minimum atomic E-state index is -1.05. The molecule has 5 heteroatoms. The van der Waals surface area contributed by atoms with Crippen LogP contribution < -0.4 is 4.74 Å². The average molecular weight is 367 g/mol. The first kappa shape index (κ1) is 18.6. The van der Waals surface area contributed by atoms with Crippen molar-refractivity contribution in [2.45, 2.75) is 38.7 Å². The van der Waals surface area contributed by atoms with E-state index < -0.39 is 12.1 Å². The van der Waals surface area contributed by atoms with Crippen molar-refractivity contribution in [3.63, 3.8) is 0 Å². The summed E-state index contributed by atoms with van der Waals surface area (Å²) in [5.41, 5.74) is 1.44. The second-order valence-corrected chi connectivity index (χ2v) is 7.39. The number of ether oxygens (including phenoxy) is 1. The molecule has 0 aliphatic rings. The Kier molecular flexibility index (Phi) is 5.79. The van der Waals surface area contributed by atoms with Gasteiger partial charge >= 0.3 is 5.97 Å². The zero-order chi connectivity index (χ0) is 17.9. The van der Waals surface area contributed by atoms with Gasteiger partial charge in [-0.25, -0.2) is 4.79 Å². The predicted molar refractivity (Wildman–Crippen MR) is 97.4 cm³/mol. The van der Waals surface area contributed by atoms with Crippen LogP contribution in [0.1, 0.15) is 31.9 Å². The molecule has 0 saturated heterocycles. The number of rotatable bonds is 5. The summed E-state index contributed by atoms with van der Waals surface area (Å²) in [6.07, 6.45) is -0.919. The van der Waals surface area contributed by atoms with Crippen LogP contribution in [0.2, 0.25) is 10.0 Å². The lowest BCUT2D eigenvalue weighted by atomic mass is 9.86. The van der Waals surface area contributed by atoms with Crippen LogP contribution in [-0.4, -0.2) is 17.2 Å². The van der Waals surface area contributed by atoms with Crippen LogP contribution >= 0.6 is 23.2 Å². The van der Waals surface area contributed by atoms with Crippen molar-refractivity contribution in [2.75, 3.05) is 0 Å². The Hall–Kier alpha value is -1.71. The molecule has 3 nitrogen and oxygen atoms in total. The lowest BCUT2D eigenvalue weighted by Gasteiger charge is -2.25. The number of carboxylic acids is 1. The van der Waals surface area contributed by atoms with Gasteiger partial charge in [0.2, 0.25) is 0 Å². The summed E-state index contributed by atoms with van der Waals surface area (Å²) in [4.78, 5) is 11.7. The summed E-state index contributed by atoms with van der Waals surface area (Å²) < 4.78 is 5.83. The van der Waals surface area contributed by atoms with E-state index in [4.69, 9.17) is 27.9 Å². The normalized spacial score (nSPS) is 12.7. The number of halogens is 2. The first-order valence-electron chi connectivity index (χ1n) is 7.62. The first-order chi connectivity index (χ1) is 11.2. The van der Waals surface area contributed by atoms with Crippen molar-refractivity contribution < 1.29 is 14.6 Å². The molecule has 24 heavy (non-hydrogen) atoms. The fourth-order valence-corrected chi connectivity index (χ4v) is 2.82. The zero-order valence-electron chi connectivity index (χ0n) is 13.8. The summed E-state index contributed by atoms with van der Waals surface area (Å²) in [5.74, 6) is -0.481. The molecule has 128 valence electrons. The Bertz CT molecular complexity index is 736. The lowest BCUT2D eigenvalue weighted by Crippen LogP contribution is -2.30. The molecule has 0 radical (unpaired) electrons. The van der Waals surface area contributed by atoms with Crippen molar-refractivity contribution in [3.8, 4) is 5.75 Å². The molecule has 0 heterocycles. The van der Waals surface area contributed by atoms with Gasteiger partial charge in [0.25, 0.3) is 0 Å². The van der Waals surface area contributed by atoms with Gasteiger partial charge in [-0.2, -0.15) is 0 Å². The Balaban J connectivity index is 2.31. The second kappa shape index (κ2) is 7.45. The number of carbonyl (C=O) groups is 1. The van der Waals surface area contributed by atoms with E-state index in [2.05, 4.69) is 20.8 Å². The Morgan fingerprint density at radius 1 is 1.12 bits per heavy atom. The second-order valence-electron chi connectivity index (χ2n) is 6.61. The number of carboxylic acid groups (broad SMARTS) is 1. The highest BCUT2D eigenvalue weighted by atomic mass is 35.5. The molecule has 2 rings (SSSR count). The van der Waals surface area contributed by atoms with Crippen LogP contribution in [0.4, 0.5) is 0 Å². The molecule has 0 fully saturated rings. The standard InChI is InChI=1S/C19H20Cl2O3/c1-19(2,3)13-8-4-5-10-15(13)24-16(18(22)23)11-12-7-6-9-14(20)17(12)21/h4-10,16H,11H2,1-3H3,(H,22,23). The van der Waals surface area contributed by atoms with Crippen LogP contribution in [0.3, 0.4) is 0 Å². The quantitative estimate of drug-likeness (QED) is 0.773. The molecule has 2 aromatic rings. The minimum Gasteiger partial charge on any atom is -0.478 e. The summed E-state index contributed by atoms with van der Waals surface area (Å²) in [5, 5.41) is 10.3. The van der Waals surface area contributed by atoms with E-state index in [1.54, 1.807) is 24.3 Å². The summed E-state index contributed by atoms with van der Waals surface area (Å²) in [6, 6.07) is 12.6. The van der Waals surface area contributed by atoms with E-state index in [0.29, 0.717) is 21.4 Å². The van der Waals surface area contributed by atoms with Gasteiger partial charge in [0.1, 0.15) is 5.75 Å². The average Bonchev–Trinajstić information content (AvgIpc) is 2.50. The molecule has 0 bridgehead atoms. The molecule has 0 aliphatic carbocycles. The van der Waals surface area contributed by atoms with Crippen LogP contribution in [-0.2, 0) is 16.6 Å². The van der Waals surface area contributed by atoms with Crippen LogP contribution in [0.15, 0.2) is 42.5 Å². The third kappa shape index (κ3) is 4.43. The fraction of sp³-hybridized carbons (Fsp3) is 0.316. The number of aliphatic carboxylic acids is 1. The molecule has 0 aliphatic heterocycles. The van der Waals surface area contributed by atoms with Gasteiger partial charge < -0.3 is 9.84 Å². The van der Waals surface area contributed by atoms with Crippen molar-refractivity contribution in [3.05, 3.63) is 63.6 Å². The molecule has 0 saturated carbocycles. The van der Waals surface area contributed by atoms with E-state index in [1.165, 1.54) is 0 Å². The Morgan fingerprint density at radius 3 is 2.42 bits per heavy atom. The van der Waals surface area contributed by atoms with E-state index in [1.807, 2.05) is 18.2 Å². The van der Waals surface area contributed by atoms with Gasteiger partial charge in [-0.15, -0.1) is 0 Å². The van der Waals surface area contributed by atoms with Gasteiger partial charge in [0.15, 0.2) is 6.10 Å². The van der Waals surface area contributed by atoms with Crippen LogP contribution in [0, 0.1) is 0 Å². The predicted octanol–water partition coefficient (Wildman–Crippen LogP) is 5.37. The number of para-hydroxylation sites is 1. The van der Waals surface area contributed by atoms with Crippen molar-refractivity contribution in [2.24, 2.45) is 0 Å². The van der Waals surface area contributed by atoms with Crippen molar-refractivity contribution in [1.29, 1.82) is 0 Å². The highest BCUT2D eigenvalue weighted by molar-refractivity contribution is 6.42. The van der Waals surface area contributed by atoms with Crippen LogP contribution in [0.25, 0.3) is 0 Å². The number of hydrogen-bond donors (Lipinski definition) is 1. The van der Waals surface area contributed by atoms with Crippen molar-refractivity contribution >= 4 is 29.2 Å². The third-order valence-corrected chi connectivity index (χ3v) is 4.53. The minimum absolute atomic E-state index is 0.132. The maximum atomic E-state index is 11.7. The van der Waals surface area contributed by atoms with Gasteiger partial charge in [-0.3, -0.25) is 0 Å². The van der Waals surface area contributed by atoms with Crippen molar-refractivity contribution in [1.82, 2.24) is 0 Å². The maximum Gasteiger partial charge on any atom is 0.345 e. The Labute approximate surface area is 152 Å². The number of hydrogen-bond acceptors (Lipinski definition) is 2. The van der Waals surface area contributed by atoms with Gasteiger partial charge in [-0.05, 0) is 28.7 Å². The topological polar surface area (TPSA) is 46.5 Å². The van der Waals surface area contributed by atoms with Crippen LogP contribution in [0.5, 0.6) is 5.75 Å². The largest absolute Gasteiger partial charge is 0.478 e. The monoisotopic (exact) mass is 366 g/mol. The molecule has 0 aromatic heterocycles. The van der Waals surface area contributed by atoms with E-state index >= 15 is 0 Å². The Morgan fingerprint density at radius 2 is 1.79 bits per heavy atom. The highest BCUT2D eigenvalue weighted by Crippen LogP contribution is 2.32. The summed E-state index contributed by atoms with van der Waals surface area (Å²) in [7, 11) is 0. The van der Waals surface area contributed by atoms with E-state index in [-0.39, 0.29) is 11.8 Å². The molecule has 0 amide bonds. The van der Waals surface area contributed by atoms with Gasteiger partial charge in [0, 0.05) is 6.42 Å².